The summed E-state index contributed by atoms with van der Waals surface area (Å²) in [5, 5.41) is 27.1. The van der Waals surface area contributed by atoms with Gasteiger partial charge in [-0.25, -0.2) is 4.68 Å². The van der Waals surface area contributed by atoms with Crippen LogP contribution in [0.2, 0.25) is 0 Å². The molecular weight excluding hydrogens is 569 g/mol. The van der Waals surface area contributed by atoms with Crippen molar-refractivity contribution in [2.24, 2.45) is 5.92 Å². The first-order valence-corrected chi connectivity index (χ1v) is 12.7. The molecule has 0 aliphatic rings. The molecular formula is C25H31ClIN3O4. The fraction of sp³-hybridized carbons (Fsp3) is 0.440. The Morgan fingerprint density at radius 2 is 1.79 bits per heavy atom. The normalized spacial score (nSPS) is 13.5. The minimum absolute atomic E-state index is 0.107. The molecule has 3 rings (SSSR count). The van der Waals surface area contributed by atoms with E-state index in [0.717, 1.165) is 14.9 Å². The average molecular weight is 600 g/mol. The maximum atomic E-state index is 10.3. The van der Waals surface area contributed by atoms with Crippen LogP contribution in [0.4, 0.5) is 0 Å². The van der Waals surface area contributed by atoms with Crippen molar-refractivity contribution in [3.63, 3.8) is 0 Å². The van der Waals surface area contributed by atoms with Crippen molar-refractivity contribution in [3.8, 4) is 11.5 Å². The maximum Gasteiger partial charge on any atom is 0.132 e. The van der Waals surface area contributed by atoms with Gasteiger partial charge in [-0.15, -0.1) is 16.7 Å². The third-order valence-electron chi connectivity index (χ3n) is 5.70. The van der Waals surface area contributed by atoms with Crippen LogP contribution in [0.15, 0.2) is 48.7 Å². The largest absolute Gasteiger partial charge is 0.492 e. The molecule has 1 heterocycles. The second-order valence-corrected chi connectivity index (χ2v) is 10.4. The SMILES string of the molecule is CC(CCl)COc1ccc(C(C)(C)c2ccc(OCC(O)Cn3nncc3CO)cc2)cc1I. The van der Waals surface area contributed by atoms with E-state index >= 15 is 0 Å². The summed E-state index contributed by atoms with van der Waals surface area (Å²) in [5.41, 5.74) is 2.67. The molecule has 1 aromatic heterocycles. The third kappa shape index (κ3) is 6.84. The van der Waals surface area contributed by atoms with Gasteiger partial charge in [0.05, 0.1) is 35.2 Å². The van der Waals surface area contributed by atoms with Crippen LogP contribution in [0, 0.1) is 9.49 Å². The summed E-state index contributed by atoms with van der Waals surface area (Å²) in [4.78, 5) is 0. The van der Waals surface area contributed by atoms with E-state index < -0.39 is 6.10 Å². The Morgan fingerprint density at radius 1 is 1.09 bits per heavy atom. The van der Waals surface area contributed by atoms with Gasteiger partial charge in [-0.05, 0) is 58.0 Å². The minimum atomic E-state index is -0.779. The minimum Gasteiger partial charge on any atom is -0.492 e. The van der Waals surface area contributed by atoms with Crippen molar-refractivity contribution in [2.45, 2.75) is 45.4 Å². The fourth-order valence-electron chi connectivity index (χ4n) is 3.42. The van der Waals surface area contributed by atoms with Gasteiger partial charge >= 0.3 is 0 Å². The van der Waals surface area contributed by atoms with Crippen molar-refractivity contribution in [1.82, 2.24) is 15.0 Å². The maximum absolute atomic E-state index is 10.3. The van der Waals surface area contributed by atoms with E-state index in [1.54, 1.807) is 0 Å². The molecule has 0 saturated carbocycles. The van der Waals surface area contributed by atoms with Crippen molar-refractivity contribution < 1.29 is 19.7 Å². The Bertz CT molecular complexity index is 1060. The highest BCUT2D eigenvalue weighted by atomic mass is 127. The smallest absolute Gasteiger partial charge is 0.132 e. The number of alkyl halides is 1. The Hall–Kier alpha value is -1.88. The van der Waals surface area contributed by atoms with Gasteiger partial charge in [0.25, 0.3) is 0 Å². The number of hydrogen-bond acceptors (Lipinski definition) is 6. The van der Waals surface area contributed by atoms with Gasteiger partial charge in [0.1, 0.15) is 24.2 Å². The zero-order valence-electron chi connectivity index (χ0n) is 19.6. The Morgan fingerprint density at radius 3 is 2.44 bits per heavy atom. The molecule has 0 radical (unpaired) electrons. The molecule has 2 N–H and O–H groups in total. The monoisotopic (exact) mass is 599 g/mol. The predicted octanol–water partition coefficient (Wildman–Crippen LogP) is 4.39. The molecule has 184 valence electrons. The van der Waals surface area contributed by atoms with Gasteiger partial charge in [0.2, 0.25) is 0 Å². The van der Waals surface area contributed by atoms with Gasteiger partial charge in [-0.1, -0.05) is 44.2 Å². The second kappa shape index (κ2) is 12.2. The lowest BCUT2D eigenvalue weighted by Crippen LogP contribution is -2.25. The predicted molar refractivity (Wildman–Crippen MR) is 141 cm³/mol. The van der Waals surface area contributed by atoms with Crippen molar-refractivity contribution in [1.29, 1.82) is 0 Å². The highest BCUT2D eigenvalue weighted by Crippen LogP contribution is 2.35. The number of hydrogen-bond donors (Lipinski definition) is 2. The Labute approximate surface area is 219 Å². The first-order chi connectivity index (χ1) is 16.2. The van der Waals surface area contributed by atoms with Gasteiger partial charge in [-0.3, -0.25) is 0 Å². The first-order valence-electron chi connectivity index (χ1n) is 11.1. The van der Waals surface area contributed by atoms with E-state index in [2.05, 4.69) is 65.8 Å². The molecule has 7 nitrogen and oxygen atoms in total. The fourth-order valence-corrected chi connectivity index (χ4v) is 4.18. The van der Waals surface area contributed by atoms with Crippen LogP contribution in [0.25, 0.3) is 0 Å². The number of aliphatic hydroxyl groups is 2. The van der Waals surface area contributed by atoms with E-state index in [4.69, 9.17) is 21.1 Å². The lowest BCUT2D eigenvalue weighted by molar-refractivity contribution is 0.0866. The average Bonchev–Trinajstić information content (AvgIpc) is 3.28. The molecule has 0 aliphatic heterocycles. The summed E-state index contributed by atoms with van der Waals surface area (Å²) in [6, 6.07) is 14.2. The van der Waals surface area contributed by atoms with Crippen molar-refractivity contribution in [2.75, 3.05) is 19.1 Å². The quantitative estimate of drug-likeness (QED) is 0.237. The van der Waals surface area contributed by atoms with E-state index in [9.17, 15) is 10.2 Å². The highest BCUT2D eigenvalue weighted by molar-refractivity contribution is 14.1. The van der Waals surface area contributed by atoms with Crippen LogP contribution >= 0.6 is 34.2 Å². The van der Waals surface area contributed by atoms with E-state index in [-0.39, 0.29) is 25.2 Å². The molecule has 2 unspecified atom stereocenters. The van der Waals surface area contributed by atoms with Crippen LogP contribution in [-0.2, 0) is 18.6 Å². The molecule has 9 heteroatoms. The molecule has 34 heavy (non-hydrogen) atoms. The summed E-state index contributed by atoms with van der Waals surface area (Å²) in [6.45, 7) is 7.16. The lowest BCUT2D eigenvalue weighted by atomic mass is 9.78. The lowest BCUT2D eigenvalue weighted by Gasteiger charge is -2.27. The van der Waals surface area contributed by atoms with Gasteiger partial charge in [0, 0.05) is 17.2 Å². The Balaban J connectivity index is 1.61. The molecule has 3 aromatic rings. The summed E-state index contributed by atoms with van der Waals surface area (Å²) < 4.78 is 14.2. The molecule has 0 bridgehead atoms. The first kappa shape index (κ1) is 26.7. The summed E-state index contributed by atoms with van der Waals surface area (Å²) >= 11 is 8.19. The van der Waals surface area contributed by atoms with Crippen LogP contribution in [0.1, 0.15) is 37.6 Å². The van der Waals surface area contributed by atoms with Crippen LogP contribution in [0.3, 0.4) is 0 Å². The molecule has 0 saturated heterocycles. The summed E-state index contributed by atoms with van der Waals surface area (Å²) in [7, 11) is 0. The number of ether oxygens (including phenoxy) is 2. The Kier molecular flexibility index (Phi) is 9.58. The van der Waals surface area contributed by atoms with E-state index in [1.807, 2.05) is 30.3 Å². The molecule has 0 spiro atoms. The molecule has 0 amide bonds. The zero-order chi connectivity index (χ0) is 24.7. The number of nitrogens with zero attached hydrogens (tertiary/aromatic N) is 3. The van der Waals surface area contributed by atoms with Gasteiger partial charge < -0.3 is 19.7 Å². The second-order valence-electron chi connectivity index (χ2n) is 8.90. The topological polar surface area (TPSA) is 89.6 Å². The third-order valence-corrected chi connectivity index (χ3v) is 7.07. The van der Waals surface area contributed by atoms with E-state index in [0.29, 0.717) is 29.8 Å². The van der Waals surface area contributed by atoms with Crippen LogP contribution < -0.4 is 9.47 Å². The van der Waals surface area contributed by atoms with Gasteiger partial charge in [-0.2, -0.15) is 0 Å². The number of benzene rings is 2. The van der Waals surface area contributed by atoms with Crippen molar-refractivity contribution >= 4 is 34.2 Å². The number of aromatic nitrogens is 3. The standard InChI is InChI=1S/C25H31ClIN3O4/c1-17(11-26)15-34-24-9-6-19(10-23(24)27)25(2,3)18-4-7-22(8-5-18)33-16-21(32)13-30-20(14-31)12-28-29-30/h4-10,12,17,21,31-32H,11,13-16H2,1-3H3. The summed E-state index contributed by atoms with van der Waals surface area (Å²) in [6.07, 6.45) is 0.691. The number of aliphatic hydroxyl groups excluding tert-OH is 2. The van der Waals surface area contributed by atoms with Crippen molar-refractivity contribution in [3.05, 3.63) is 69.1 Å². The number of rotatable bonds is 12. The number of halogens is 2. The molecule has 2 atom stereocenters. The van der Waals surface area contributed by atoms with E-state index in [1.165, 1.54) is 16.4 Å². The highest BCUT2D eigenvalue weighted by Gasteiger charge is 2.24. The van der Waals surface area contributed by atoms with Crippen LogP contribution in [0.5, 0.6) is 11.5 Å². The van der Waals surface area contributed by atoms with Gasteiger partial charge in [0.15, 0.2) is 0 Å². The summed E-state index contributed by atoms with van der Waals surface area (Å²) in [5.74, 6) is 2.42. The molecule has 0 aliphatic carbocycles. The van der Waals surface area contributed by atoms with Crippen LogP contribution in [-0.4, -0.2) is 50.4 Å². The molecule has 2 aromatic carbocycles. The molecule has 0 fully saturated rings. The zero-order valence-corrected chi connectivity index (χ0v) is 22.5.